The summed E-state index contributed by atoms with van der Waals surface area (Å²) in [5.41, 5.74) is 11.5. The van der Waals surface area contributed by atoms with E-state index in [4.69, 9.17) is 11.5 Å². The van der Waals surface area contributed by atoms with Crippen molar-refractivity contribution in [1.82, 2.24) is 19.5 Å². The Morgan fingerprint density at radius 1 is 1.09 bits per heavy atom. The summed E-state index contributed by atoms with van der Waals surface area (Å²) in [7, 11) is 0. The molecule has 4 aromatic rings. The van der Waals surface area contributed by atoms with Crippen molar-refractivity contribution >= 4 is 28.5 Å². The molecule has 0 fully saturated rings. The van der Waals surface area contributed by atoms with Gasteiger partial charge in [-0.05, 0) is 37.3 Å². The van der Waals surface area contributed by atoms with E-state index >= 15 is 0 Å². The molecule has 2 aromatic heterocycles. The fourth-order valence-corrected chi connectivity index (χ4v) is 3.48. The highest BCUT2D eigenvalue weighted by molar-refractivity contribution is 5.84. The maximum Gasteiger partial charge on any atom is 0.267 e. The minimum absolute atomic E-state index is 0.0248. The topological polar surface area (TPSA) is 172 Å². The van der Waals surface area contributed by atoms with Crippen molar-refractivity contribution < 1.29 is 4.39 Å². The molecule has 0 saturated carbocycles. The van der Waals surface area contributed by atoms with Crippen molar-refractivity contribution in [2.75, 3.05) is 16.8 Å². The van der Waals surface area contributed by atoms with Gasteiger partial charge < -0.3 is 16.8 Å². The summed E-state index contributed by atoms with van der Waals surface area (Å²) in [6.07, 6.45) is 0. The number of aromatic nitrogens is 4. The Kier molecular flexibility index (Phi) is 5.30. The third-order valence-electron chi connectivity index (χ3n) is 4.92. The molecule has 0 spiro atoms. The van der Waals surface area contributed by atoms with Crippen molar-refractivity contribution in [1.29, 1.82) is 10.5 Å². The molecule has 0 unspecified atom stereocenters. The third-order valence-corrected chi connectivity index (χ3v) is 4.92. The maximum atomic E-state index is 14.0. The number of anilines is 3. The number of benzene rings is 2. The van der Waals surface area contributed by atoms with Crippen molar-refractivity contribution in [2.24, 2.45) is 0 Å². The first kappa shape index (κ1) is 21.2. The first-order valence-corrected chi connectivity index (χ1v) is 9.65. The molecule has 162 valence electrons. The molecule has 33 heavy (non-hydrogen) atoms. The molecule has 0 radical (unpaired) electrons. The van der Waals surface area contributed by atoms with Crippen LogP contribution in [0.3, 0.4) is 0 Å². The highest BCUT2D eigenvalue weighted by Gasteiger charge is 2.22. The molecule has 0 aliphatic carbocycles. The molecule has 0 bridgehead atoms. The van der Waals surface area contributed by atoms with E-state index in [0.717, 1.165) is 0 Å². The summed E-state index contributed by atoms with van der Waals surface area (Å²) in [6.45, 7) is 1.67. The minimum atomic E-state index is -0.725. The number of halogens is 1. The van der Waals surface area contributed by atoms with Gasteiger partial charge in [0.1, 0.15) is 35.2 Å². The Labute approximate surface area is 186 Å². The van der Waals surface area contributed by atoms with E-state index in [1.807, 2.05) is 12.1 Å². The van der Waals surface area contributed by atoms with E-state index in [1.54, 1.807) is 25.1 Å². The fourth-order valence-electron chi connectivity index (χ4n) is 3.48. The predicted octanol–water partition coefficient (Wildman–Crippen LogP) is 2.40. The first-order valence-electron chi connectivity index (χ1n) is 9.65. The normalized spacial score (nSPS) is 11.5. The Hall–Kier alpha value is -5.03. The minimum Gasteiger partial charge on any atom is -0.382 e. The van der Waals surface area contributed by atoms with Gasteiger partial charge in [0, 0.05) is 0 Å². The van der Waals surface area contributed by atoms with E-state index < -0.39 is 17.4 Å². The highest BCUT2D eigenvalue weighted by Crippen LogP contribution is 2.26. The quantitative estimate of drug-likeness (QED) is 0.430. The standard InChI is InChI=1S/C22H16FN9O/c1-11(28-19-15(10-25)18(26)30-22(27)31-19)20-29-16-7-2-4-12(9-24)17(16)21(33)32(20)14-6-3-5-13(23)8-14/h2-8,11H,1H3,(H5,26,27,28,30,31)/t11-/m0/s1. The van der Waals surface area contributed by atoms with E-state index in [-0.39, 0.29) is 51.1 Å². The van der Waals surface area contributed by atoms with Crippen molar-refractivity contribution in [2.45, 2.75) is 13.0 Å². The highest BCUT2D eigenvalue weighted by atomic mass is 19.1. The molecule has 4 rings (SSSR count). The molecular formula is C22H16FN9O. The third kappa shape index (κ3) is 3.75. The number of nitrogens with one attached hydrogen (secondary N) is 1. The van der Waals surface area contributed by atoms with Gasteiger partial charge in [0.15, 0.2) is 5.82 Å². The average Bonchev–Trinajstić information content (AvgIpc) is 2.78. The van der Waals surface area contributed by atoms with E-state index in [1.165, 1.54) is 28.8 Å². The predicted molar refractivity (Wildman–Crippen MR) is 120 cm³/mol. The van der Waals surface area contributed by atoms with E-state index in [2.05, 4.69) is 20.3 Å². The number of hydrogen-bond acceptors (Lipinski definition) is 9. The summed E-state index contributed by atoms with van der Waals surface area (Å²) in [5.74, 6) is -0.558. The van der Waals surface area contributed by atoms with Gasteiger partial charge >= 0.3 is 0 Å². The lowest BCUT2D eigenvalue weighted by atomic mass is 10.1. The smallest absolute Gasteiger partial charge is 0.267 e. The molecule has 0 saturated heterocycles. The van der Waals surface area contributed by atoms with Crippen LogP contribution in [0, 0.1) is 28.5 Å². The van der Waals surface area contributed by atoms with Gasteiger partial charge in [0.25, 0.3) is 5.56 Å². The van der Waals surface area contributed by atoms with Gasteiger partial charge in [0.2, 0.25) is 5.95 Å². The van der Waals surface area contributed by atoms with Crippen LogP contribution < -0.4 is 22.3 Å². The van der Waals surface area contributed by atoms with Crippen molar-refractivity contribution in [3.63, 3.8) is 0 Å². The summed E-state index contributed by atoms with van der Waals surface area (Å²) in [6, 6.07) is 13.3. The monoisotopic (exact) mass is 441 g/mol. The second kappa shape index (κ2) is 8.24. The Balaban J connectivity index is 1.98. The van der Waals surface area contributed by atoms with Crippen LogP contribution >= 0.6 is 0 Å². The van der Waals surface area contributed by atoms with Gasteiger partial charge in [-0.1, -0.05) is 12.1 Å². The summed E-state index contributed by atoms with van der Waals surface area (Å²) in [4.78, 5) is 25.9. The number of fused-ring (bicyclic) bond motifs is 1. The maximum absolute atomic E-state index is 14.0. The molecular weight excluding hydrogens is 425 g/mol. The average molecular weight is 441 g/mol. The number of rotatable bonds is 4. The largest absolute Gasteiger partial charge is 0.382 e. The zero-order chi connectivity index (χ0) is 23.7. The molecule has 10 nitrogen and oxygen atoms in total. The van der Waals surface area contributed by atoms with Crippen molar-refractivity contribution in [3.05, 3.63) is 75.6 Å². The van der Waals surface area contributed by atoms with Gasteiger partial charge in [-0.15, -0.1) is 0 Å². The lowest BCUT2D eigenvalue weighted by Crippen LogP contribution is -2.28. The molecule has 0 aliphatic heterocycles. The van der Waals surface area contributed by atoms with Crippen LogP contribution in [0.15, 0.2) is 47.3 Å². The number of hydrogen-bond donors (Lipinski definition) is 3. The lowest BCUT2D eigenvalue weighted by molar-refractivity contribution is 0.624. The summed E-state index contributed by atoms with van der Waals surface area (Å²) < 4.78 is 15.2. The molecule has 2 aromatic carbocycles. The van der Waals surface area contributed by atoms with Crippen LogP contribution in [0.25, 0.3) is 16.6 Å². The number of nitrogen functional groups attached to an aromatic ring is 2. The van der Waals surface area contributed by atoms with Gasteiger partial charge in [-0.25, -0.2) is 9.37 Å². The molecule has 11 heteroatoms. The molecule has 0 amide bonds. The second-order valence-corrected chi connectivity index (χ2v) is 7.07. The van der Waals surface area contributed by atoms with Crippen LogP contribution in [0.4, 0.5) is 22.0 Å². The van der Waals surface area contributed by atoms with Crippen LogP contribution in [-0.2, 0) is 0 Å². The van der Waals surface area contributed by atoms with Gasteiger partial charge in [-0.2, -0.15) is 20.5 Å². The Morgan fingerprint density at radius 3 is 2.55 bits per heavy atom. The van der Waals surface area contributed by atoms with Crippen LogP contribution in [0.2, 0.25) is 0 Å². The SMILES string of the molecule is C[C@H](Nc1nc(N)nc(N)c1C#N)c1nc2cccc(C#N)c2c(=O)n1-c1cccc(F)c1. The number of nitrogens with zero attached hydrogens (tertiary/aromatic N) is 6. The van der Waals surface area contributed by atoms with Crippen LogP contribution in [-0.4, -0.2) is 19.5 Å². The van der Waals surface area contributed by atoms with Gasteiger partial charge in [-0.3, -0.25) is 9.36 Å². The van der Waals surface area contributed by atoms with Crippen molar-refractivity contribution in [3.8, 4) is 17.8 Å². The fraction of sp³-hybridized carbons (Fsp3) is 0.0909. The Bertz CT molecular complexity index is 1550. The Morgan fingerprint density at radius 2 is 1.85 bits per heavy atom. The second-order valence-electron chi connectivity index (χ2n) is 7.07. The molecule has 0 aliphatic rings. The zero-order valence-corrected chi connectivity index (χ0v) is 17.2. The molecule has 5 N–H and O–H groups in total. The first-order chi connectivity index (χ1) is 15.8. The van der Waals surface area contributed by atoms with Gasteiger partial charge in [0.05, 0.1) is 28.2 Å². The summed E-state index contributed by atoms with van der Waals surface area (Å²) in [5, 5.41) is 22.0. The summed E-state index contributed by atoms with van der Waals surface area (Å²) >= 11 is 0. The molecule has 2 heterocycles. The lowest BCUT2D eigenvalue weighted by Gasteiger charge is -2.21. The van der Waals surface area contributed by atoms with Crippen LogP contribution in [0.5, 0.6) is 0 Å². The molecule has 1 atom stereocenters. The zero-order valence-electron chi connectivity index (χ0n) is 17.2. The number of nitriles is 2. The van der Waals surface area contributed by atoms with E-state index in [9.17, 15) is 19.7 Å². The van der Waals surface area contributed by atoms with E-state index in [0.29, 0.717) is 0 Å². The number of nitrogens with two attached hydrogens (primary N) is 2. The van der Waals surface area contributed by atoms with Crippen LogP contribution in [0.1, 0.15) is 29.9 Å².